The molecule has 84 valence electrons. The summed E-state index contributed by atoms with van der Waals surface area (Å²) in [6.07, 6.45) is 10.3. The minimum Gasteiger partial charge on any atom is -0.0853 e. The van der Waals surface area contributed by atoms with Crippen LogP contribution in [0.25, 0.3) is 0 Å². The fourth-order valence-corrected chi connectivity index (χ4v) is 3.03. The molecule has 0 heterocycles. The fraction of sp³-hybridized carbons (Fsp3) is 0.733. The molecule has 2 atom stereocenters. The lowest BCUT2D eigenvalue weighted by atomic mass is 10.0. The van der Waals surface area contributed by atoms with Crippen molar-refractivity contribution in [1.29, 1.82) is 0 Å². The molecule has 15 heavy (non-hydrogen) atoms. The summed E-state index contributed by atoms with van der Waals surface area (Å²) in [4.78, 5) is 0. The van der Waals surface area contributed by atoms with Crippen LogP contribution in [0.4, 0.5) is 0 Å². The third-order valence-electron chi connectivity index (χ3n) is 4.47. The van der Waals surface area contributed by atoms with Gasteiger partial charge in [-0.25, -0.2) is 0 Å². The van der Waals surface area contributed by atoms with Crippen LogP contribution in [-0.2, 0) is 0 Å². The van der Waals surface area contributed by atoms with E-state index in [-0.39, 0.29) is 0 Å². The average Bonchev–Trinajstić information content (AvgIpc) is 2.65. The van der Waals surface area contributed by atoms with E-state index in [1.807, 2.05) is 0 Å². The first-order chi connectivity index (χ1) is 7.01. The normalized spacial score (nSPS) is 34.9. The van der Waals surface area contributed by atoms with Gasteiger partial charge in [-0.15, -0.1) is 0 Å². The molecule has 1 fully saturated rings. The Morgan fingerprint density at radius 3 is 2.53 bits per heavy atom. The Morgan fingerprint density at radius 1 is 1.13 bits per heavy atom. The van der Waals surface area contributed by atoms with Crippen molar-refractivity contribution in [3.05, 3.63) is 23.3 Å². The Balaban J connectivity index is 2.14. The fourth-order valence-electron chi connectivity index (χ4n) is 3.03. The van der Waals surface area contributed by atoms with Crippen LogP contribution in [0.3, 0.4) is 0 Å². The lowest BCUT2D eigenvalue weighted by Gasteiger charge is -2.05. The van der Waals surface area contributed by atoms with Crippen molar-refractivity contribution in [1.82, 2.24) is 0 Å². The maximum atomic E-state index is 2.55. The second kappa shape index (κ2) is 3.81. The summed E-state index contributed by atoms with van der Waals surface area (Å²) >= 11 is 0. The number of hydrogen-bond donors (Lipinski definition) is 0. The molecule has 0 bridgehead atoms. The van der Waals surface area contributed by atoms with Gasteiger partial charge >= 0.3 is 0 Å². The maximum absolute atomic E-state index is 2.55. The third kappa shape index (κ3) is 2.19. The SMILES string of the molecule is CC1=CCC2C(C=C(C)CCC1)C2(C)C. The highest BCUT2D eigenvalue weighted by molar-refractivity contribution is 5.20. The second-order valence-corrected chi connectivity index (χ2v) is 6.11. The van der Waals surface area contributed by atoms with E-state index in [0.29, 0.717) is 5.41 Å². The number of fused-ring (bicyclic) bond motifs is 1. The van der Waals surface area contributed by atoms with Crippen LogP contribution in [0.2, 0.25) is 0 Å². The van der Waals surface area contributed by atoms with Crippen LogP contribution < -0.4 is 0 Å². The van der Waals surface area contributed by atoms with E-state index in [9.17, 15) is 0 Å². The van der Waals surface area contributed by atoms with Gasteiger partial charge in [0.05, 0.1) is 0 Å². The number of hydrogen-bond acceptors (Lipinski definition) is 0. The Hall–Kier alpha value is -0.520. The predicted octanol–water partition coefficient (Wildman–Crippen LogP) is 4.73. The lowest BCUT2D eigenvalue weighted by molar-refractivity contribution is 0.553. The zero-order chi connectivity index (χ0) is 11.1. The van der Waals surface area contributed by atoms with Crippen LogP contribution in [0.1, 0.15) is 53.4 Å². The first kappa shape index (κ1) is 11.0. The molecule has 0 nitrogen and oxygen atoms in total. The molecule has 2 aliphatic rings. The molecule has 2 aliphatic carbocycles. The Bertz CT molecular complexity index is 304. The zero-order valence-corrected chi connectivity index (χ0v) is 10.6. The molecule has 0 aromatic carbocycles. The second-order valence-electron chi connectivity index (χ2n) is 6.11. The van der Waals surface area contributed by atoms with Gasteiger partial charge in [-0.2, -0.15) is 0 Å². The van der Waals surface area contributed by atoms with Crippen molar-refractivity contribution in [2.75, 3.05) is 0 Å². The van der Waals surface area contributed by atoms with Crippen LogP contribution in [0.5, 0.6) is 0 Å². The van der Waals surface area contributed by atoms with Crippen LogP contribution in [0.15, 0.2) is 23.3 Å². The summed E-state index contributed by atoms with van der Waals surface area (Å²) in [6, 6.07) is 0. The highest BCUT2D eigenvalue weighted by Crippen LogP contribution is 2.61. The summed E-state index contributed by atoms with van der Waals surface area (Å²) in [5.74, 6) is 1.75. The highest BCUT2D eigenvalue weighted by atomic mass is 14.6. The van der Waals surface area contributed by atoms with Gasteiger partial charge in [0.2, 0.25) is 0 Å². The smallest absolute Gasteiger partial charge is 0.0140 e. The van der Waals surface area contributed by atoms with Gasteiger partial charge in [0.1, 0.15) is 0 Å². The van der Waals surface area contributed by atoms with Crippen molar-refractivity contribution in [2.45, 2.75) is 53.4 Å². The molecule has 2 rings (SSSR count). The van der Waals surface area contributed by atoms with Gasteiger partial charge in [-0.3, -0.25) is 0 Å². The molecule has 0 N–H and O–H groups in total. The Morgan fingerprint density at radius 2 is 1.80 bits per heavy atom. The predicted molar refractivity (Wildman–Crippen MR) is 66.7 cm³/mol. The molecule has 0 heteroatoms. The molecule has 0 saturated heterocycles. The quantitative estimate of drug-likeness (QED) is 0.501. The van der Waals surface area contributed by atoms with Gasteiger partial charge in [0.25, 0.3) is 0 Å². The Labute approximate surface area is 94.5 Å². The van der Waals surface area contributed by atoms with Crippen LogP contribution >= 0.6 is 0 Å². The lowest BCUT2D eigenvalue weighted by Crippen LogP contribution is -1.89. The van der Waals surface area contributed by atoms with Crippen LogP contribution in [-0.4, -0.2) is 0 Å². The van der Waals surface area contributed by atoms with Gasteiger partial charge < -0.3 is 0 Å². The summed E-state index contributed by atoms with van der Waals surface area (Å²) in [5, 5.41) is 0. The molecule has 0 aromatic heterocycles. The zero-order valence-electron chi connectivity index (χ0n) is 10.6. The van der Waals surface area contributed by atoms with E-state index < -0.39 is 0 Å². The maximum Gasteiger partial charge on any atom is -0.0140 e. The molecule has 0 aromatic rings. The third-order valence-corrected chi connectivity index (χ3v) is 4.47. The average molecular weight is 204 g/mol. The summed E-state index contributed by atoms with van der Waals surface area (Å²) in [6.45, 7) is 9.46. The van der Waals surface area contributed by atoms with E-state index in [2.05, 4.69) is 39.8 Å². The summed E-state index contributed by atoms with van der Waals surface area (Å²) < 4.78 is 0. The van der Waals surface area contributed by atoms with Gasteiger partial charge in [0, 0.05) is 0 Å². The first-order valence-electron chi connectivity index (χ1n) is 6.34. The summed E-state index contributed by atoms with van der Waals surface area (Å²) in [5.41, 5.74) is 3.78. The Kier molecular flexibility index (Phi) is 2.79. The van der Waals surface area contributed by atoms with Crippen molar-refractivity contribution < 1.29 is 0 Å². The van der Waals surface area contributed by atoms with E-state index in [1.165, 1.54) is 25.7 Å². The number of rotatable bonds is 0. The molecular weight excluding hydrogens is 180 g/mol. The standard InChI is InChI=1S/C15H24/c1-11-6-5-7-12(2)10-14-13(9-8-11)15(14,3)4/h8,10,13-14H,5-7,9H2,1-4H3. The van der Waals surface area contributed by atoms with Gasteiger partial charge in [-0.05, 0) is 56.8 Å². The monoisotopic (exact) mass is 204 g/mol. The number of allylic oxidation sites excluding steroid dienone is 4. The van der Waals surface area contributed by atoms with Gasteiger partial charge in [0.15, 0.2) is 0 Å². The van der Waals surface area contributed by atoms with Crippen molar-refractivity contribution >= 4 is 0 Å². The minimum absolute atomic E-state index is 0.558. The van der Waals surface area contributed by atoms with Gasteiger partial charge in [-0.1, -0.05) is 37.1 Å². The topological polar surface area (TPSA) is 0 Å². The van der Waals surface area contributed by atoms with E-state index in [4.69, 9.17) is 0 Å². The molecule has 0 amide bonds. The molecule has 0 aliphatic heterocycles. The largest absolute Gasteiger partial charge is 0.0853 e. The molecule has 2 unspecified atom stereocenters. The minimum atomic E-state index is 0.558. The van der Waals surface area contributed by atoms with E-state index in [0.717, 1.165) is 11.8 Å². The molecule has 0 spiro atoms. The molecular formula is C15H24. The van der Waals surface area contributed by atoms with E-state index in [1.54, 1.807) is 11.1 Å². The van der Waals surface area contributed by atoms with Crippen molar-refractivity contribution in [2.24, 2.45) is 17.3 Å². The molecule has 0 radical (unpaired) electrons. The molecule has 1 saturated carbocycles. The van der Waals surface area contributed by atoms with Crippen LogP contribution in [0, 0.1) is 17.3 Å². The highest BCUT2D eigenvalue weighted by Gasteiger charge is 2.55. The van der Waals surface area contributed by atoms with Crippen molar-refractivity contribution in [3.63, 3.8) is 0 Å². The van der Waals surface area contributed by atoms with Crippen molar-refractivity contribution in [3.8, 4) is 0 Å². The van der Waals surface area contributed by atoms with E-state index >= 15 is 0 Å². The first-order valence-corrected chi connectivity index (χ1v) is 6.34. The summed E-state index contributed by atoms with van der Waals surface area (Å²) in [7, 11) is 0.